The number of hydrogen-bond donors (Lipinski definition) is 2. The minimum atomic E-state index is 0.417. The maximum atomic E-state index is 6.22. The smallest absolute Gasteiger partial charge is 0.159 e. The Morgan fingerprint density at radius 2 is 1.88 bits per heavy atom. The van der Waals surface area contributed by atoms with E-state index in [-0.39, 0.29) is 0 Å². The van der Waals surface area contributed by atoms with Gasteiger partial charge in [-0.2, -0.15) is 0 Å². The van der Waals surface area contributed by atoms with Crippen LogP contribution in [0.4, 0.5) is 11.6 Å². The molecule has 0 saturated heterocycles. The van der Waals surface area contributed by atoms with Crippen molar-refractivity contribution < 1.29 is 0 Å². The number of H-pyrrole nitrogens is 1. The fourth-order valence-corrected chi connectivity index (χ4v) is 2.97. The molecular formula is C16H11Cl2N7. The second kappa shape index (κ2) is 6.27. The van der Waals surface area contributed by atoms with Crippen LogP contribution in [0, 0.1) is 6.92 Å². The number of aryl methyl sites for hydroxylation is 1. The van der Waals surface area contributed by atoms with Gasteiger partial charge in [0.25, 0.3) is 0 Å². The van der Waals surface area contributed by atoms with E-state index in [2.05, 4.69) is 35.2 Å². The second-order valence-corrected chi connectivity index (χ2v) is 6.10. The summed E-state index contributed by atoms with van der Waals surface area (Å²) in [7, 11) is 0. The lowest BCUT2D eigenvalue weighted by atomic mass is 10.2. The first kappa shape index (κ1) is 15.7. The maximum Gasteiger partial charge on any atom is 0.159 e. The standard InChI is InChI=1S/C16H11Cl2N7/c1-8-4-12(22-7-21-8)24-16-14-11(2-3-20-16)23-15(25-14)13-9(17)5-19-6-10(13)18/h2-7H,1H3,(H,23,25)(H,20,21,22,24). The van der Waals surface area contributed by atoms with E-state index in [4.69, 9.17) is 23.2 Å². The van der Waals surface area contributed by atoms with E-state index in [0.717, 1.165) is 11.2 Å². The number of halogens is 2. The number of pyridine rings is 2. The Labute approximate surface area is 152 Å². The van der Waals surface area contributed by atoms with Crippen molar-refractivity contribution in [2.24, 2.45) is 0 Å². The first-order valence-electron chi connectivity index (χ1n) is 7.31. The van der Waals surface area contributed by atoms with Crippen molar-refractivity contribution >= 4 is 45.9 Å². The second-order valence-electron chi connectivity index (χ2n) is 5.29. The zero-order valence-electron chi connectivity index (χ0n) is 13.0. The molecule has 4 aromatic rings. The van der Waals surface area contributed by atoms with Crippen molar-refractivity contribution in [1.82, 2.24) is 29.9 Å². The molecule has 0 fully saturated rings. The minimum Gasteiger partial charge on any atom is -0.338 e. The molecule has 0 spiro atoms. The predicted molar refractivity (Wildman–Crippen MR) is 97.2 cm³/mol. The first-order valence-corrected chi connectivity index (χ1v) is 8.07. The summed E-state index contributed by atoms with van der Waals surface area (Å²) in [6, 6.07) is 3.65. The summed E-state index contributed by atoms with van der Waals surface area (Å²) < 4.78 is 0. The fraction of sp³-hybridized carbons (Fsp3) is 0.0625. The summed E-state index contributed by atoms with van der Waals surface area (Å²) in [4.78, 5) is 24.4. The molecule has 0 bridgehead atoms. The van der Waals surface area contributed by atoms with E-state index in [1.807, 2.05) is 19.1 Å². The van der Waals surface area contributed by atoms with Gasteiger partial charge >= 0.3 is 0 Å². The zero-order valence-corrected chi connectivity index (χ0v) is 14.5. The summed E-state index contributed by atoms with van der Waals surface area (Å²) in [5.74, 6) is 1.75. The van der Waals surface area contributed by atoms with Gasteiger partial charge in [0.05, 0.1) is 21.1 Å². The van der Waals surface area contributed by atoms with E-state index in [0.29, 0.717) is 38.6 Å². The van der Waals surface area contributed by atoms with E-state index in [1.165, 1.54) is 18.7 Å². The van der Waals surface area contributed by atoms with Crippen molar-refractivity contribution in [3.05, 3.63) is 52.8 Å². The van der Waals surface area contributed by atoms with E-state index in [1.54, 1.807) is 6.20 Å². The molecule has 25 heavy (non-hydrogen) atoms. The number of nitrogens with one attached hydrogen (secondary N) is 2. The monoisotopic (exact) mass is 371 g/mol. The SMILES string of the molecule is Cc1cc(Nc2nccc3[nH]c(-c4c(Cl)cncc4Cl)nc23)ncn1. The maximum absolute atomic E-state index is 6.22. The van der Waals surface area contributed by atoms with Crippen molar-refractivity contribution in [2.75, 3.05) is 5.32 Å². The third-order valence-corrected chi connectivity index (χ3v) is 4.11. The van der Waals surface area contributed by atoms with Crippen LogP contribution in [0.5, 0.6) is 0 Å². The van der Waals surface area contributed by atoms with Crippen LogP contribution < -0.4 is 5.32 Å². The number of fused-ring (bicyclic) bond motifs is 1. The molecule has 0 radical (unpaired) electrons. The Morgan fingerprint density at radius 1 is 1.08 bits per heavy atom. The first-order chi connectivity index (χ1) is 12.1. The highest BCUT2D eigenvalue weighted by Crippen LogP contribution is 2.34. The van der Waals surface area contributed by atoms with Crippen LogP contribution in [0.2, 0.25) is 10.0 Å². The molecule has 9 heteroatoms. The highest BCUT2D eigenvalue weighted by molar-refractivity contribution is 6.38. The van der Waals surface area contributed by atoms with Gasteiger partial charge in [0.1, 0.15) is 23.5 Å². The van der Waals surface area contributed by atoms with Crippen molar-refractivity contribution in [3.63, 3.8) is 0 Å². The Hall–Kier alpha value is -2.77. The average molecular weight is 372 g/mol. The molecule has 7 nitrogen and oxygen atoms in total. The molecule has 0 aliphatic carbocycles. The minimum absolute atomic E-state index is 0.417. The predicted octanol–water partition coefficient (Wildman–Crippen LogP) is 4.17. The summed E-state index contributed by atoms with van der Waals surface area (Å²) in [6.45, 7) is 1.89. The van der Waals surface area contributed by atoms with Gasteiger partial charge in [-0.05, 0) is 13.0 Å². The van der Waals surface area contributed by atoms with Gasteiger partial charge in [-0.1, -0.05) is 23.2 Å². The third-order valence-electron chi connectivity index (χ3n) is 3.54. The number of aromatic amines is 1. The molecule has 0 unspecified atom stereocenters. The third kappa shape index (κ3) is 2.99. The van der Waals surface area contributed by atoms with Crippen molar-refractivity contribution in [1.29, 1.82) is 0 Å². The van der Waals surface area contributed by atoms with Crippen molar-refractivity contribution in [3.8, 4) is 11.4 Å². The zero-order chi connectivity index (χ0) is 17.4. The van der Waals surface area contributed by atoms with E-state index >= 15 is 0 Å². The number of imidazole rings is 1. The summed E-state index contributed by atoms with van der Waals surface area (Å²) in [5.41, 5.74) is 2.89. The Morgan fingerprint density at radius 3 is 2.64 bits per heavy atom. The fourth-order valence-electron chi connectivity index (χ4n) is 2.43. The number of nitrogens with zero attached hydrogens (tertiary/aromatic N) is 5. The molecule has 0 aromatic carbocycles. The Balaban J connectivity index is 1.82. The molecule has 2 N–H and O–H groups in total. The topological polar surface area (TPSA) is 92.3 Å². The molecule has 0 atom stereocenters. The van der Waals surface area contributed by atoms with Crippen LogP contribution in [-0.4, -0.2) is 29.9 Å². The lowest BCUT2D eigenvalue weighted by Gasteiger charge is -2.05. The molecule has 124 valence electrons. The van der Waals surface area contributed by atoms with Gasteiger partial charge in [0, 0.05) is 30.4 Å². The largest absolute Gasteiger partial charge is 0.338 e. The van der Waals surface area contributed by atoms with Gasteiger partial charge in [-0.15, -0.1) is 0 Å². The average Bonchev–Trinajstić information content (AvgIpc) is 2.99. The molecule has 4 heterocycles. The Kier molecular flexibility index (Phi) is 3.95. The van der Waals surface area contributed by atoms with Crippen LogP contribution in [0.25, 0.3) is 22.4 Å². The quantitative estimate of drug-likeness (QED) is 0.561. The molecule has 4 aromatic heterocycles. The highest BCUT2D eigenvalue weighted by Gasteiger charge is 2.15. The van der Waals surface area contributed by atoms with Gasteiger partial charge < -0.3 is 10.3 Å². The van der Waals surface area contributed by atoms with Gasteiger partial charge in [-0.3, -0.25) is 4.98 Å². The van der Waals surface area contributed by atoms with Crippen LogP contribution >= 0.6 is 23.2 Å². The molecular weight excluding hydrogens is 361 g/mol. The van der Waals surface area contributed by atoms with E-state index in [9.17, 15) is 0 Å². The molecule has 0 amide bonds. The molecule has 0 aliphatic rings. The summed E-state index contributed by atoms with van der Waals surface area (Å²) >= 11 is 12.4. The summed E-state index contributed by atoms with van der Waals surface area (Å²) in [5, 5.41) is 3.99. The van der Waals surface area contributed by atoms with Crippen molar-refractivity contribution in [2.45, 2.75) is 6.92 Å². The van der Waals surface area contributed by atoms with Crippen LogP contribution in [0.3, 0.4) is 0 Å². The van der Waals surface area contributed by atoms with Crippen LogP contribution in [-0.2, 0) is 0 Å². The van der Waals surface area contributed by atoms with Crippen LogP contribution in [0.15, 0.2) is 37.1 Å². The number of anilines is 2. The number of aromatic nitrogens is 6. The summed E-state index contributed by atoms with van der Waals surface area (Å²) in [6.07, 6.45) is 6.22. The normalized spacial score (nSPS) is 11.0. The molecule has 0 saturated carbocycles. The van der Waals surface area contributed by atoms with E-state index < -0.39 is 0 Å². The number of rotatable bonds is 3. The Bertz CT molecular complexity index is 1060. The highest BCUT2D eigenvalue weighted by atomic mass is 35.5. The molecule has 4 rings (SSSR count). The van der Waals surface area contributed by atoms with Gasteiger partial charge in [0.15, 0.2) is 5.82 Å². The van der Waals surface area contributed by atoms with Gasteiger partial charge in [-0.25, -0.2) is 19.9 Å². The molecule has 0 aliphatic heterocycles. The lowest BCUT2D eigenvalue weighted by Crippen LogP contribution is -1.98. The lowest BCUT2D eigenvalue weighted by molar-refractivity contribution is 1.10. The van der Waals surface area contributed by atoms with Gasteiger partial charge in [0.2, 0.25) is 0 Å². The number of hydrogen-bond acceptors (Lipinski definition) is 6. The van der Waals surface area contributed by atoms with Crippen LogP contribution in [0.1, 0.15) is 5.69 Å².